The Balaban J connectivity index is 2.72. The fourth-order valence-electron chi connectivity index (χ4n) is 2.86. The Morgan fingerprint density at radius 3 is 2.76 bits per heavy atom. The lowest BCUT2D eigenvalue weighted by atomic mass is 9.90. The number of benzene rings is 1. The minimum atomic E-state index is 0.640. The van der Waals surface area contributed by atoms with Crippen LogP contribution in [0.1, 0.15) is 54.0 Å². The van der Waals surface area contributed by atoms with Crippen LogP contribution in [0.3, 0.4) is 0 Å². The summed E-state index contributed by atoms with van der Waals surface area (Å²) in [6, 6.07) is 2.32. The van der Waals surface area contributed by atoms with Crippen LogP contribution < -0.4 is 0 Å². The van der Waals surface area contributed by atoms with Gasteiger partial charge in [-0.05, 0) is 66.5 Å². The number of rotatable bonds is 2. The fourth-order valence-corrected chi connectivity index (χ4v) is 2.97. The minimum Gasteiger partial charge on any atom is -0.0984 e. The molecule has 0 aromatic heterocycles. The van der Waals surface area contributed by atoms with Gasteiger partial charge in [-0.3, -0.25) is 0 Å². The zero-order valence-electron chi connectivity index (χ0n) is 10.8. The van der Waals surface area contributed by atoms with Crippen LogP contribution in [0.2, 0.25) is 0 Å². The van der Waals surface area contributed by atoms with Gasteiger partial charge in [0.15, 0.2) is 0 Å². The SMILES string of the molecule is C=Cc1c(/C=C(\C)Cl)c(C)cc2c1C(C)CC2. The molecule has 0 nitrogen and oxygen atoms in total. The molecule has 0 N–H and O–H groups in total. The molecule has 0 heterocycles. The van der Waals surface area contributed by atoms with Crippen molar-refractivity contribution in [3.8, 4) is 0 Å². The summed E-state index contributed by atoms with van der Waals surface area (Å²) in [5.41, 5.74) is 6.79. The smallest absolute Gasteiger partial charge is 0.0156 e. The Morgan fingerprint density at radius 2 is 2.18 bits per heavy atom. The molecule has 0 spiro atoms. The van der Waals surface area contributed by atoms with Crippen molar-refractivity contribution in [2.75, 3.05) is 0 Å². The third-order valence-corrected chi connectivity index (χ3v) is 3.74. The van der Waals surface area contributed by atoms with E-state index in [9.17, 15) is 0 Å². The molecule has 1 heteroatoms. The summed E-state index contributed by atoms with van der Waals surface area (Å²) in [6.07, 6.45) is 6.49. The highest BCUT2D eigenvalue weighted by Crippen LogP contribution is 2.39. The first-order chi connectivity index (χ1) is 8.04. The lowest BCUT2D eigenvalue weighted by Crippen LogP contribution is -1.97. The molecule has 0 fully saturated rings. The van der Waals surface area contributed by atoms with E-state index in [1.54, 1.807) is 0 Å². The van der Waals surface area contributed by atoms with Gasteiger partial charge >= 0.3 is 0 Å². The van der Waals surface area contributed by atoms with Crippen LogP contribution in [-0.4, -0.2) is 0 Å². The van der Waals surface area contributed by atoms with E-state index in [1.807, 2.05) is 13.0 Å². The van der Waals surface area contributed by atoms with Gasteiger partial charge in [0.2, 0.25) is 0 Å². The summed E-state index contributed by atoms with van der Waals surface area (Å²) in [7, 11) is 0. The van der Waals surface area contributed by atoms with Crippen molar-refractivity contribution in [3.63, 3.8) is 0 Å². The molecule has 0 aliphatic heterocycles. The molecule has 1 aliphatic carbocycles. The van der Waals surface area contributed by atoms with Crippen LogP contribution in [0.15, 0.2) is 17.7 Å². The van der Waals surface area contributed by atoms with Gasteiger partial charge < -0.3 is 0 Å². The summed E-state index contributed by atoms with van der Waals surface area (Å²) in [4.78, 5) is 0. The molecule has 90 valence electrons. The Kier molecular flexibility index (Phi) is 3.44. The van der Waals surface area contributed by atoms with Crippen molar-refractivity contribution in [1.29, 1.82) is 0 Å². The zero-order chi connectivity index (χ0) is 12.6. The fraction of sp³-hybridized carbons (Fsp3) is 0.375. The van der Waals surface area contributed by atoms with Gasteiger partial charge in [-0.1, -0.05) is 37.2 Å². The molecule has 0 amide bonds. The predicted octanol–water partition coefficient (Wildman–Crippen LogP) is 5.29. The first-order valence-corrected chi connectivity index (χ1v) is 6.55. The van der Waals surface area contributed by atoms with E-state index < -0.39 is 0 Å². The average Bonchev–Trinajstić information content (AvgIpc) is 2.61. The Morgan fingerprint density at radius 1 is 1.47 bits per heavy atom. The molecule has 2 rings (SSSR count). The van der Waals surface area contributed by atoms with Crippen molar-refractivity contribution in [2.45, 2.75) is 39.5 Å². The predicted molar refractivity (Wildman–Crippen MR) is 77.5 cm³/mol. The first-order valence-electron chi connectivity index (χ1n) is 6.17. The van der Waals surface area contributed by atoms with Crippen molar-refractivity contribution < 1.29 is 0 Å². The molecule has 1 atom stereocenters. The van der Waals surface area contributed by atoms with E-state index in [0.717, 1.165) is 5.03 Å². The Labute approximate surface area is 109 Å². The van der Waals surface area contributed by atoms with Gasteiger partial charge in [0.25, 0.3) is 0 Å². The van der Waals surface area contributed by atoms with Crippen LogP contribution in [0, 0.1) is 6.92 Å². The van der Waals surface area contributed by atoms with Crippen molar-refractivity contribution in [3.05, 3.63) is 45.5 Å². The normalized spacial score (nSPS) is 19.3. The molecule has 1 aromatic rings. The lowest BCUT2D eigenvalue weighted by molar-refractivity contribution is 0.746. The molecule has 0 bridgehead atoms. The third-order valence-electron chi connectivity index (χ3n) is 3.63. The van der Waals surface area contributed by atoms with Crippen LogP contribution in [0.25, 0.3) is 12.2 Å². The number of halogens is 1. The largest absolute Gasteiger partial charge is 0.0984 e. The number of fused-ring (bicyclic) bond motifs is 1. The second kappa shape index (κ2) is 4.70. The van der Waals surface area contributed by atoms with Crippen LogP contribution in [0.5, 0.6) is 0 Å². The van der Waals surface area contributed by atoms with Gasteiger partial charge in [-0.15, -0.1) is 0 Å². The molecular weight excluding hydrogens is 228 g/mol. The maximum atomic E-state index is 6.03. The molecule has 0 saturated heterocycles. The second-order valence-corrected chi connectivity index (χ2v) is 5.56. The Bertz CT molecular complexity index is 491. The molecule has 1 aromatic carbocycles. The van der Waals surface area contributed by atoms with E-state index in [0.29, 0.717) is 5.92 Å². The van der Waals surface area contributed by atoms with E-state index in [4.69, 9.17) is 11.6 Å². The van der Waals surface area contributed by atoms with E-state index in [-0.39, 0.29) is 0 Å². The molecule has 17 heavy (non-hydrogen) atoms. The minimum absolute atomic E-state index is 0.640. The van der Waals surface area contributed by atoms with Gasteiger partial charge in [-0.2, -0.15) is 0 Å². The van der Waals surface area contributed by atoms with Crippen molar-refractivity contribution in [1.82, 2.24) is 0 Å². The van der Waals surface area contributed by atoms with E-state index in [2.05, 4.69) is 32.6 Å². The van der Waals surface area contributed by atoms with Crippen LogP contribution in [0.4, 0.5) is 0 Å². The highest BCUT2D eigenvalue weighted by molar-refractivity contribution is 6.31. The number of allylic oxidation sites excluding steroid dienone is 1. The summed E-state index contributed by atoms with van der Waals surface area (Å²) in [6.45, 7) is 10.4. The maximum absolute atomic E-state index is 6.03. The summed E-state index contributed by atoms with van der Waals surface area (Å²) >= 11 is 6.03. The van der Waals surface area contributed by atoms with Crippen LogP contribution in [-0.2, 0) is 6.42 Å². The summed E-state index contributed by atoms with van der Waals surface area (Å²) in [5.74, 6) is 0.640. The molecule has 1 aliphatic rings. The third kappa shape index (κ3) is 2.19. The summed E-state index contributed by atoms with van der Waals surface area (Å²) in [5, 5.41) is 0.821. The Hall–Kier alpha value is -1.01. The van der Waals surface area contributed by atoms with Gasteiger partial charge in [0.05, 0.1) is 0 Å². The van der Waals surface area contributed by atoms with Gasteiger partial charge in [-0.25, -0.2) is 0 Å². The van der Waals surface area contributed by atoms with Gasteiger partial charge in [0.1, 0.15) is 0 Å². The lowest BCUT2D eigenvalue weighted by Gasteiger charge is -2.15. The molecular formula is C16H19Cl. The topological polar surface area (TPSA) is 0 Å². The quantitative estimate of drug-likeness (QED) is 0.665. The zero-order valence-corrected chi connectivity index (χ0v) is 11.6. The van der Waals surface area contributed by atoms with Gasteiger partial charge in [0, 0.05) is 5.03 Å². The molecule has 0 radical (unpaired) electrons. The second-order valence-electron chi connectivity index (χ2n) is 4.97. The standard InChI is InChI=1S/C16H19Cl/c1-5-14-15(9-12(4)17)11(3)8-13-7-6-10(2)16(13)14/h5,8-10H,1,6-7H2,2-4H3/b12-9+. The number of aryl methyl sites for hydroxylation is 2. The van der Waals surface area contributed by atoms with Crippen LogP contribution >= 0.6 is 11.6 Å². The maximum Gasteiger partial charge on any atom is 0.0156 e. The molecule has 1 unspecified atom stereocenters. The van der Waals surface area contributed by atoms with E-state index >= 15 is 0 Å². The van der Waals surface area contributed by atoms with Crippen molar-refractivity contribution in [2.24, 2.45) is 0 Å². The van der Waals surface area contributed by atoms with Crippen molar-refractivity contribution >= 4 is 23.8 Å². The number of hydrogen-bond donors (Lipinski definition) is 0. The monoisotopic (exact) mass is 246 g/mol. The average molecular weight is 247 g/mol. The highest BCUT2D eigenvalue weighted by atomic mass is 35.5. The first kappa shape index (κ1) is 12.4. The molecule has 0 saturated carbocycles. The summed E-state index contributed by atoms with van der Waals surface area (Å²) < 4.78 is 0. The highest BCUT2D eigenvalue weighted by Gasteiger charge is 2.23. The van der Waals surface area contributed by atoms with E-state index in [1.165, 1.54) is 40.7 Å². The number of hydrogen-bond acceptors (Lipinski definition) is 0.